The van der Waals surface area contributed by atoms with E-state index in [9.17, 15) is 17.6 Å². The van der Waals surface area contributed by atoms with E-state index in [1.165, 1.54) is 36.5 Å². The lowest BCUT2D eigenvalue weighted by Gasteiger charge is -2.10. The predicted molar refractivity (Wildman–Crippen MR) is 85.7 cm³/mol. The summed E-state index contributed by atoms with van der Waals surface area (Å²) in [4.78, 5) is 4.25. The summed E-state index contributed by atoms with van der Waals surface area (Å²) in [6, 6.07) is 11.3. The Morgan fingerprint density at radius 2 is 1.81 bits per heavy atom. The van der Waals surface area contributed by atoms with Gasteiger partial charge < -0.3 is 10.1 Å². The monoisotopic (exact) mass is 364 g/mol. The summed E-state index contributed by atoms with van der Waals surface area (Å²) in [5.74, 6) is -0.486. The molecule has 0 atom stereocenters. The number of hydrogen-bond donors (Lipinski definition) is 1. The Bertz CT molecular complexity index is 884. The largest absolute Gasteiger partial charge is 0.573 e. The maximum Gasteiger partial charge on any atom is 0.573 e. The fourth-order valence-electron chi connectivity index (χ4n) is 2.17. The average Bonchev–Trinajstić information content (AvgIpc) is 2.60. The van der Waals surface area contributed by atoms with E-state index in [2.05, 4.69) is 25.2 Å². The van der Waals surface area contributed by atoms with Crippen molar-refractivity contribution in [1.29, 1.82) is 0 Å². The molecule has 0 radical (unpaired) electrons. The van der Waals surface area contributed by atoms with Gasteiger partial charge in [-0.15, -0.1) is 18.3 Å². The van der Waals surface area contributed by atoms with Crippen LogP contribution >= 0.6 is 0 Å². The quantitative estimate of drug-likeness (QED) is 0.688. The Morgan fingerprint density at radius 3 is 2.54 bits per heavy atom. The standard InChI is InChI=1S/C17H12F4N4O/c18-13-6-4-12(5-7-13)15-10-23-25-16(24-15)22-9-11-2-1-3-14(8-11)26-17(19,20)21/h1-8,10H,9H2,(H,22,24,25). The lowest BCUT2D eigenvalue weighted by molar-refractivity contribution is -0.274. The van der Waals surface area contributed by atoms with Crippen LogP contribution in [0.25, 0.3) is 11.3 Å². The molecule has 1 heterocycles. The Balaban J connectivity index is 1.69. The first-order valence-electron chi connectivity index (χ1n) is 7.43. The number of nitrogens with one attached hydrogen (secondary N) is 1. The molecule has 134 valence electrons. The van der Waals surface area contributed by atoms with Crippen LogP contribution in [-0.4, -0.2) is 21.5 Å². The Kier molecular flexibility index (Phi) is 4.97. The summed E-state index contributed by atoms with van der Waals surface area (Å²) >= 11 is 0. The fourth-order valence-corrected chi connectivity index (χ4v) is 2.17. The zero-order valence-corrected chi connectivity index (χ0v) is 13.2. The molecule has 1 N–H and O–H groups in total. The second-order valence-corrected chi connectivity index (χ2v) is 5.22. The van der Waals surface area contributed by atoms with E-state index in [-0.39, 0.29) is 24.1 Å². The van der Waals surface area contributed by atoms with E-state index in [0.717, 1.165) is 0 Å². The molecule has 0 aliphatic heterocycles. The van der Waals surface area contributed by atoms with Gasteiger partial charge in [-0.2, -0.15) is 5.10 Å². The third-order valence-corrected chi connectivity index (χ3v) is 3.28. The molecule has 0 fully saturated rings. The highest BCUT2D eigenvalue weighted by molar-refractivity contribution is 5.58. The minimum Gasteiger partial charge on any atom is -0.406 e. The van der Waals surface area contributed by atoms with Crippen molar-refractivity contribution in [2.75, 3.05) is 5.32 Å². The van der Waals surface area contributed by atoms with Crippen molar-refractivity contribution >= 4 is 5.95 Å². The minimum absolute atomic E-state index is 0.170. The van der Waals surface area contributed by atoms with E-state index >= 15 is 0 Å². The molecule has 0 saturated carbocycles. The summed E-state index contributed by atoms with van der Waals surface area (Å²) in [6.45, 7) is 0.170. The lowest BCUT2D eigenvalue weighted by Crippen LogP contribution is -2.17. The van der Waals surface area contributed by atoms with Gasteiger partial charge in [0.25, 0.3) is 0 Å². The molecule has 26 heavy (non-hydrogen) atoms. The molecule has 0 unspecified atom stereocenters. The van der Waals surface area contributed by atoms with Gasteiger partial charge in [-0.05, 0) is 42.0 Å². The number of anilines is 1. The SMILES string of the molecule is Fc1ccc(-c2cnnc(NCc3cccc(OC(F)(F)F)c3)n2)cc1. The maximum absolute atomic E-state index is 13.0. The zero-order chi connectivity index (χ0) is 18.6. The molecule has 2 aromatic carbocycles. The van der Waals surface area contributed by atoms with Gasteiger partial charge in [-0.25, -0.2) is 9.37 Å². The molecular formula is C17H12F4N4O. The predicted octanol–water partition coefficient (Wildman–Crippen LogP) is 4.19. The van der Waals surface area contributed by atoms with Gasteiger partial charge in [-0.3, -0.25) is 0 Å². The summed E-state index contributed by atoms with van der Waals surface area (Å²) < 4.78 is 53.7. The van der Waals surface area contributed by atoms with Crippen LogP contribution in [0.15, 0.2) is 54.7 Å². The molecule has 0 aliphatic carbocycles. The van der Waals surface area contributed by atoms with Gasteiger partial charge in [-0.1, -0.05) is 12.1 Å². The summed E-state index contributed by atoms with van der Waals surface area (Å²) in [5.41, 5.74) is 1.68. The average molecular weight is 364 g/mol. The first-order chi connectivity index (χ1) is 12.4. The van der Waals surface area contributed by atoms with Crippen LogP contribution in [0.4, 0.5) is 23.5 Å². The van der Waals surface area contributed by atoms with Crippen LogP contribution in [0.5, 0.6) is 5.75 Å². The Hall–Kier alpha value is -3.23. The van der Waals surface area contributed by atoms with E-state index in [1.54, 1.807) is 18.2 Å². The number of aromatic nitrogens is 3. The molecular weight excluding hydrogens is 352 g/mol. The molecule has 5 nitrogen and oxygen atoms in total. The molecule has 0 spiro atoms. The highest BCUT2D eigenvalue weighted by Crippen LogP contribution is 2.23. The van der Waals surface area contributed by atoms with Gasteiger partial charge in [0.15, 0.2) is 0 Å². The second kappa shape index (κ2) is 7.34. The van der Waals surface area contributed by atoms with Crippen LogP contribution in [-0.2, 0) is 6.54 Å². The van der Waals surface area contributed by atoms with Crippen LogP contribution in [0, 0.1) is 5.82 Å². The van der Waals surface area contributed by atoms with Crippen LogP contribution in [0.3, 0.4) is 0 Å². The highest BCUT2D eigenvalue weighted by atomic mass is 19.4. The normalized spacial score (nSPS) is 11.2. The molecule has 3 rings (SSSR count). The second-order valence-electron chi connectivity index (χ2n) is 5.22. The van der Waals surface area contributed by atoms with E-state index in [1.807, 2.05) is 0 Å². The van der Waals surface area contributed by atoms with Crippen molar-refractivity contribution in [3.8, 4) is 17.0 Å². The van der Waals surface area contributed by atoms with Crippen LogP contribution in [0.2, 0.25) is 0 Å². The Morgan fingerprint density at radius 1 is 1.04 bits per heavy atom. The fraction of sp³-hybridized carbons (Fsp3) is 0.118. The van der Waals surface area contributed by atoms with Crippen molar-refractivity contribution in [2.45, 2.75) is 12.9 Å². The first-order valence-corrected chi connectivity index (χ1v) is 7.43. The molecule has 0 bridgehead atoms. The third-order valence-electron chi connectivity index (χ3n) is 3.28. The number of rotatable bonds is 5. The number of ether oxygens (including phenoxy) is 1. The summed E-state index contributed by atoms with van der Waals surface area (Å²) in [5, 5.41) is 10.5. The van der Waals surface area contributed by atoms with Gasteiger partial charge in [0, 0.05) is 12.1 Å². The van der Waals surface area contributed by atoms with E-state index < -0.39 is 6.36 Å². The number of hydrogen-bond acceptors (Lipinski definition) is 5. The summed E-state index contributed by atoms with van der Waals surface area (Å²) in [7, 11) is 0. The van der Waals surface area contributed by atoms with Gasteiger partial charge in [0.05, 0.1) is 11.9 Å². The van der Waals surface area contributed by atoms with Crippen LogP contribution in [0.1, 0.15) is 5.56 Å². The van der Waals surface area contributed by atoms with Gasteiger partial charge in [0.2, 0.25) is 5.95 Å². The van der Waals surface area contributed by atoms with Gasteiger partial charge >= 0.3 is 6.36 Å². The minimum atomic E-state index is -4.75. The van der Waals surface area contributed by atoms with Gasteiger partial charge in [0.1, 0.15) is 11.6 Å². The first kappa shape index (κ1) is 17.6. The van der Waals surface area contributed by atoms with Crippen LogP contribution < -0.4 is 10.1 Å². The maximum atomic E-state index is 13.0. The topological polar surface area (TPSA) is 59.9 Å². The van der Waals surface area contributed by atoms with Crippen molar-refractivity contribution in [3.63, 3.8) is 0 Å². The molecule has 9 heteroatoms. The van der Waals surface area contributed by atoms with E-state index in [0.29, 0.717) is 16.8 Å². The molecule has 1 aromatic heterocycles. The number of nitrogens with zero attached hydrogens (tertiary/aromatic N) is 3. The van der Waals surface area contributed by atoms with Crippen molar-refractivity contribution in [1.82, 2.24) is 15.2 Å². The third kappa shape index (κ3) is 4.88. The molecule has 3 aromatic rings. The van der Waals surface area contributed by atoms with Crippen molar-refractivity contribution in [3.05, 3.63) is 66.1 Å². The molecule has 0 saturated heterocycles. The number of halogens is 4. The number of alkyl halides is 3. The smallest absolute Gasteiger partial charge is 0.406 e. The van der Waals surface area contributed by atoms with Crippen molar-refractivity contribution < 1.29 is 22.3 Å². The van der Waals surface area contributed by atoms with Crippen molar-refractivity contribution in [2.24, 2.45) is 0 Å². The highest BCUT2D eigenvalue weighted by Gasteiger charge is 2.31. The Labute approximate surface area is 145 Å². The molecule has 0 aliphatic rings. The summed E-state index contributed by atoms with van der Waals surface area (Å²) in [6.07, 6.45) is -3.32. The van der Waals surface area contributed by atoms with E-state index in [4.69, 9.17) is 0 Å². The lowest BCUT2D eigenvalue weighted by atomic mass is 10.2. The zero-order valence-electron chi connectivity index (χ0n) is 13.2. The number of benzene rings is 2. The molecule has 0 amide bonds.